The van der Waals surface area contributed by atoms with Gasteiger partial charge in [-0.15, -0.1) is 0 Å². The van der Waals surface area contributed by atoms with Crippen LogP contribution in [0.3, 0.4) is 0 Å². The Morgan fingerprint density at radius 2 is 1.61 bits per heavy atom. The van der Waals surface area contributed by atoms with Crippen LogP contribution in [0.25, 0.3) is 0 Å². The number of aryl methyl sites for hydroxylation is 1. The van der Waals surface area contributed by atoms with Crippen LogP contribution in [0.5, 0.6) is 5.75 Å². The minimum absolute atomic E-state index is 0.0458. The molecule has 0 spiro atoms. The molecule has 5 rings (SSSR count). The van der Waals surface area contributed by atoms with Gasteiger partial charge in [-0.2, -0.15) is 0 Å². The fourth-order valence-electron chi connectivity index (χ4n) is 4.79. The molecule has 1 N–H and O–H groups in total. The molecule has 0 saturated carbocycles. The maximum absolute atomic E-state index is 12.5. The Bertz CT molecular complexity index is 1580. The van der Waals surface area contributed by atoms with E-state index in [0.29, 0.717) is 29.4 Å². The lowest BCUT2D eigenvalue weighted by molar-refractivity contribution is 0.0485. The molecule has 1 unspecified atom stereocenters. The lowest BCUT2D eigenvalue weighted by Crippen LogP contribution is -2.27. The fraction of sp³-hybridized carbons (Fsp3) is 0.184. The first kappa shape index (κ1) is 30.7. The van der Waals surface area contributed by atoms with E-state index in [1.165, 1.54) is 0 Å². The molecule has 1 aliphatic rings. The van der Waals surface area contributed by atoms with Gasteiger partial charge in [0.2, 0.25) is 0 Å². The van der Waals surface area contributed by atoms with Gasteiger partial charge in [0.1, 0.15) is 30.5 Å². The number of nitrogens with one attached hydrogen (secondary N) is 1. The van der Waals surface area contributed by atoms with Crippen molar-refractivity contribution in [2.75, 3.05) is 11.9 Å². The number of anilines is 1. The quantitative estimate of drug-likeness (QED) is 0.145. The standard InChI is InChI=1S/C38H36ClNO4/c39-37-26-36(44-35-21-11-20-34(24-25-35)42-27-29-12-4-1-5-13-29)23-22-30(37)16-10-19-33(40-32-17-8-3-9-18-32)28-43-38(41)31-14-6-2-7-15-31/h1-9,11-15,17-18,20-23,25-26,33,40H,10,16,19,24,27-28H2. The third-order valence-electron chi connectivity index (χ3n) is 7.14. The van der Waals surface area contributed by atoms with Crippen molar-refractivity contribution < 1.29 is 19.0 Å². The molecule has 0 fully saturated rings. The van der Waals surface area contributed by atoms with Gasteiger partial charge in [-0.3, -0.25) is 0 Å². The third-order valence-corrected chi connectivity index (χ3v) is 7.49. The Labute approximate surface area is 264 Å². The van der Waals surface area contributed by atoms with Gasteiger partial charge >= 0.3 is 5.97 Å². The fourth-order valence-corrected chi connectivity index (χ4v) is 5.06. The van der Waals surface area contributed by atoms with E-state index in [-0.39, 0.29) is 18.6 Å². The van der Waals surface area contributed by atoms with Crippen LogP contribution >= 0.6 is 11.6 Å². The van der Waals surface area contributed by atoms with Gasteiger partial charge in [-0.25, -0.2) is 4.79 Å². The number of hydrogen-bond acceptors (Lipinski definition) is 5. The molecule has 0 radical (unpaired) electrons. The van der Waals surface area contributed by atoms with E-state index in [1.807, 2.05) is 109 Å². The molecule has 0 heterocycles. The summed E-state index contributed by atoms with van der Waals surface area (Å²) in [5, 5.41) is 4.17. The van der Waals surface area contributed by atoms with Crippen LogP contribution < -0.4 is 10.1 Å². The minimum Gasteiger partial charge on any atom is -0.493 e. The van der Waals surface area contributed by atoms with Gasteiger partial charge in [0.25, 0.3) is 0 Å². The predicted octanol–water partition coefficient (Wildman–Crippen LogP) is 9.32. The number of allylic oxidation sites excluding steroid dienone is 4. The van der Waals surface area contributed by atoms with E-state index in [2.05, 4.69) is 17.4 Å². The van der Waals surface area contributed by atoms with Crippen molar-refractivity contribution >= 4 is 23.3 Å². The molecule has 1 atom stereocenters. The highest BCUT2D eigenvalue weighted by atomic mass is 35.5. The summed E-state index contributed by atoms with van der Waals surface area (Å²) >= 11 is 6.68. The van der Waals surface area contributed by atoms with Crippen LogP contribution in [0.4, 0.5) is 5.69 Å². The van der Waals surface area contributed by atoms with Crippen LogP contribution in [0.15, 0.2) is 145 Å². The second-order valence-corrected chi connectivity index (χ2v) is 10.9. The zero-order valence-electron chi connectivity index (χ0n) is 24.5. The van der Waals surface area contributed by atoms with E-state index in [0.717, 1.165) is 47.6 Å². The van der Waals surface area contributed by atoms with Crippen molar-refractivity contribution in [3.63, 3.8) is 0 Å². The van der Waals surface area contributed by atoms with Gasteiger partial charge in [0.15, 0.2) is 0 Å². The summed E-state index contributed by atoms with van der Waals surface area (Å²) < 4.78 is 17.8. The van der Waals surface area contributed by atoms with E-state index in [9.17, 15) is 4.79 Å². The largest absolute Gasteiger partial charge is 0.493 e. The third kappa shape index (κ3) is 9.65. The molecule has 0 aromatic heterocycles. The predicted molar refractivity (Wildman–Crippen MR) is 177 cm³/mol. The lowest BCUT2D eigenvalue weighted by Gasteiger charge is -2.20. The van der Waals surface area contributed by atoms with Crippen LogP contribution in [-0.4, -0.2) is 18.6 Å². The molecule has 0 bridgehead atoms. The SMILES string of the molecule is O=C(OCC(CCCc1ccc(OC2=CCC(OCc3ccccc3)=CC=C2)cc1Cl)Nc1ccccc1)c1ccccc1. The van der Waals surface area contributed by atoms with Crippen molar-refractivity contribution in [3.05, 3.63) is 167 Å². The Morgan fingerprint density at radius 3 is 2.36 bits per heavy atom. The van der Waals surface area contributed by atoms with Gasteiger partial charge < -0.3 is 19.5 Å². The zero-order valence-corrected chi connectivity index (χ0v) is 25.3. The number of para-hydroxylation sites is 1. The van der Waals surface area contributed by atoms with Gasteiger partial charge in [0.05, 0.1) is 11.6 Å². The second-order valence-electron chi connectivity index (χ2n) is 10.5. The number of carbonyl (C=O) groups is 1. The summed E-state index contributed by atoms with van der Waals surface area (Å²) in [5.74, 6) is 1.98. The molecular weight excluding hydrogens is 570 g/mol. The minimum atomic E-state index is -0.325. The number of ether oxygens (including phenoxy) is 3. The number of hydrogen-bond donors (Lipinski definition) is 1. The summed E-state index contributed by atoms with van der Waals surface area (Å²) in [4.78, 5) is 12.5. The topological polar surface area (TPSA) is 56.8 Å². The summed E-state index contributed by atoms with van der Waals surface area (Å²) in [6.07, 6.45) is 10.9. The summed E-state index contributed by atoms with van der Waals surface area (Å²) in [6, 6.07) is 34.9. The van der Waals surface area contributed by atoms with Crippen LogP contribution in [-0.2, 0) is 22.5 Å². The van der Waals surface area contributed by atoms with Gasteiger partial charge in [0, 0.05) is 17.1 Å². The average Bonchev–Trinajstić information content (AvgIpc) is 3.29. The van der Waals surface area contributed by atoms with Crippen LogP contribution in [0, 0.1) is 0 Å². The normalized spacial score (nSPS) is 13.2. The molecule has 6 heteroatoms. The van der Waals surface area contributed by atoms with E-state index in [1.54, 1.807) is 12.1 Å². The molecule has 4 aromatic rings. The molecule has 0 aliphatic heterocycles. The highest BCUT2D eigenvalue weighted by molar-refractivity contribution is 6.31. The van der Waals surface area contributed by atoms with Crippen molar-refractivity contribution in [2.45, 2.75) is 38.3 Å². The van der Waals surface area contributed by atoms with Crippen molar-refractivity contribution in [1.29, 1.82) is 0 Å². The highest BCUT2D eigenvalue weighted by Crippen LogP contribution is 2.27. The molecule has 5 nitrogen and oxygen atoms in total. The molecule has 0 amide bonds. The van der Waals surface area contributed by atoms with Crippen LogP contribution in [0.2, 0.25) is 5.02 Å². The molecule has 1 aliphatic carbocycles. The van der Waals surface area contributed by atoms with Gasteiger partial charge in [-0.1, -0.05) is 90.5 Å². The van der Waals surface area contributed by atoms with Crippen molar-refractivity contribution in [2.24, 2.45) is 0 Å². The Morgan fingerprint density at radius 1 is 0.886 bits per heavy atom. The maximum Gasteiger partial charge on any atom is 0.338 e. The summed E-state index contributed by atoms with van der Waals surface area (Å²) in [5.41, 5.74) is 3.71. The van der Waals surface area contributed by atoms with Crippen molar-refractivity contribution in [3.8, 4) is 5.75 Å². The first-order chi connectivity index (χ1) is 21.6. The first-order valence-corrected chi connectivity index (χ1v) is 15.2. The Kier molecular flexibility index (Phi) is 11.3. The van der Waals surface area contributed by atoms with Gasteiger partial charge in [-0.05, 0) is 85.0 Å². The number of halogens is 1. The molecular formula is C38H36ClNO4. The van der Waals surface area contributed by atoms with E-state index >= 15 is 0 Å². The monoisotopic (exact) mass is 605 g/mol. The Balaban J connectivity index is 1.12. The number of esters is 1. The highest BCUT2D eigenvalue weighted by Gasteiger charge is 2.14. The maximum atomic E-state index is 12.5. The van der Waals surface area contributed by atoms with Crippen LogP contribution in [0.1, 0.15) is 40.7 Å². The molecule has 224 valence electrons. The molecule has 4 aromatic carbocycles. The molecule has 44 heavy (non-hydrogen) atoms. The van der Waals surface area contributed by atoms with E-state index in [4.69, 9.17) is 25.8 Å². The average molecular weight is 606 g/mol. The summed E-state index contributed by atoms with van der Waals surface area (Å²) in [7, 11) is 0. The smallest absolute Gasteiger partial charge is 0.338 e. The summed E-state index contributed by atoms with van der Waals surface area (Å²) in [6.45, 7) is 0.795. The lowest BCUT2D eigenvalue weighted by atomic mass is 10.0. The Hall–Kier alpha value is -4.74. The number of rotatable bonds is 14. The number of carbonyl (C=O) groups excluding carboxylic acids is 1. The molecule has 0 saturated heterocycles. The zero-order chi connectivity index (χ0) is 30.4. The number of benzene rings is 4. The first-order valence-electron chi connectivity index (χ1n) is 14.9. The second kappa shape index (κ2) is 16.2. The van der Waals surface area contributed by atoms with E-state index < -0.39 is 0 Å². The van der Waals surface area contributed by atoms with Crippen molar-refractivity contribution in [1.82, 2.24) is 0 Å².